The second-order valence-electron chi connectivity index (χ2n) is 4.25. The molecule has 96 valence electrons. The average molecular weight is 266 g/mol. The summed E-state index contributed by atoms with van der Waals surface area (Å²) in [6, 6.07) is 8.16. The molecule has 0 aromatic heterocycles. The highest BCUT2D eigenvalue weighted by Crippen LogP contribution is 2.18. The Labute approximate surface area is 106 Å². The van der Waals surface area contributed by atoms with E-state index in [2.05, 4.69) is 26.5 Å². The molecule has 7 heteroatoms. The fourth-order valence-electron chi connectivity index (χ4n) is 2.09. The summed E-state index contributed by atoms with van der Waals surface area (Å²) >= 11 is 0. The molecule has 1 aromatic rings. The lowest BCUT2D eigenvalue weighted by molar-refractivity contribution is 0.269. The van der Waals surface area contributed by atoms with Crippen molar-refractivity contribution in [1.82, 2.24) is 4.90 Å². The van der Waals surface area contributed by atoms with Crippen LogP contribution in [0.1, 0.15) is 11.1 Å². The maximum atomic E-state index is 11.3. The van der Waals surface area contributed by atoms with Crippen molar-refractivity contribution in [1.29, 1.82) is 0 Å². The molecule has 0 amide bonds. The zero-order valence-corrected chi connectivity index (χ0v) is 10.7. The smallest absolute Gasteiger partial charge is 0.236 e. The van der Waals surface area contributed by atoms with Crippen LogP contribution >= 0.6 is 0 Å². The number of nitrogens with zero attached hydrogens (tertiary/aromatic N) is 4. The van der Waals surface area contributed by atoms with Crippen molar-refractivity contribution < 1.29 is 8.42 Å². The molecule has 0 saturated carbocycles. The Morgan fingerprint density at radius 3 is 2.78 bits per heavy atom. The lowest BCUT2D eigenvalue weighted by Gasteiger charge is -2.28. The van der Waals surface area contributed by atoms with Crippen molar-refractivity contribution in [3.8, 4) is 0 Å². The van der Waals surface area contributed by atoms with E-state index in [4.69, 9.17) is 5.53 Å². The van der Waals surface area contributed by atoms with Crippen LogP contribution in [0.4, 0.5) is 0 Å². The molecular weight excluding hydrogens is 252 g/mol. The van der Waals surface area contributed by atoms with Gasteiger partial charge in [-0.05, 0) is 23.1 Å². The quantitative estimate of drug-likeness (QED) is 0.472. The van der Waals surface area contributed by atoms with E-state index in [9.17, 15) is 8.42 Å². The summed E-state index contributed by atoms with van der Waals surface area (Å²) in [5, 5.41) is 0. The molecule has 0 unspecified atom stereocenters. The van der Waals surface area contributed by atoms with Crippen molar-refractivity contribution in [2.24, 2.45) is 4.52 Å². The third-order valence-corrected chi connectivity index (χ3v) is 4.06. The zero-order chi connectivity index (χ0) is 13.0. The summed E-state index contributed by atoms with van der Waals surface area (Å²) in [5.74, 6) is -0.126. The summed E-state index contributed by atoms with van der Waals surface area (Å²) < 4.78 is 25.4. The first kappa shape index (κ1) is 12.9. The summed E-state index contributed by atoms with van der Waals surface area (Å²) in [6.07, 6.45) is 0.928. The van der Waals surface area contributed by atoms with E-state index in [1.807, 2.05) is 12.1 Å². The van der Waals surface area contributed by atoms with Gasteiger partial charge in [0.2, 0.25) is 10.0 Å². The number of rotatable bonds is 4. The highest BCUT2D eigenvalue weighted by atomic mass is 32.2. The van der Waals surface area contributed by atoms with Crippen LogP contribution < -0.4 is 0 Å². The predicted octanol–water partition coefficient (Wildman–Crippen LogP) is 1.68. The third kappa shape index (κ3) is 3.22. The number of sulfonamides is 1. The van der Waals surface area contributed by atoms with Gasteiger partial charge in [0.1, 0.15) is 0 Å². The Balaban J connectivity index is 1.97. The molecule has 1 aromatic carbocycles. The molecule has 6 nitrogen and oxygen atoms in total. The monoisotopic (exact) mass is 266 g/mol. The molecule has 2 rings (SSSR count). The van der Waals surface area contributed by atoms with Crippen molar-refractivity contribution >= 4 is 10.0 Å². The normalized spacial score (nSPS) is 15.8. The SMILES string of the molecule is [N-]=[N+]=NS(=O)(=O)CCN1CCc2ccccc2C1. The van der Waals surface area contributed by atoms with Gasteiger partial charge < -0.3 is 0 Å². The molecule has 0 bridgehead atoms. The van der Waals surface area contributed by atoms with Crippen molar-refractivity contribution in [2.75, 3.05) is 18.8 Å². The second kappa shape index (κ2) is 5.39. The van der Waals surface area contributed by atoms with Gasteiger partial charge in [-0.2, -0.15) is 0 Å². The molecule has 1 aliphatic heterocycles. The summed E-state index contributed by atoms with van der Waals surface area (Å²) in [6.45, 7) is 1.99. The molecule has 1 aliphatic rings. The standard InChI is InChI=1S/C11H14N4O2S/c12-13-14-18(16,17)8-7-15-6-5-10-3-1-2-4-11(10)9-15/h1-4H,5-9H2. The van der Waals surface area contributed by atoms with E-state index >= 15 is 0 Å². The number of fused-ring (bicyclic) bond motifs is 1. The molecule has 0 aliphatic carbocycles. The number of benzene rings is 1. The minimum absolute atomic E-state index is 0.126. The van der Waals surface area contributed by atoms with Crippen LogP contribution in [0.25, 0.3) is 10.4 Å². The molecular formula is C11H14N4O2S. The van der Waals surface area contributed by atoms with E-state index in [0.717, 1.165) is 19.5 Å². The molecule has 0 spiro atoms. The van der Waals surface area contributed by atoms with Crippen molar-refractivity contribution in [3.05, 3.63) is 45.8 Å². The third-order valence-electron chi connectivity index (χ3n) is 3.04. The largest absolute Gasteiger partial charge is 0.298 e. The van der Waals surface area contributed by atoms with E-state index in [1.54, 1.807) is 0 Å². The highest BCUT2D eigenvalue weighted by molar-refractivity contribution is 7.90. The van der Waals surface area contributed by atoms with E-state index < -0.39 is 10.0 Å². The maximum Gasteiger partial charge on any atom is 0.236 e. The molecule has 0 N–H and O–H groups in total. The van der Waals surface area contributed by atoms with Gasteiger partial charge in [-0.15, -0.1) is 0 Å². The molecule has 18 heavy (non-hydrogen) atoms. The number of hydrogen-bond acceptors (Lipinski definition) is 3. The summed E-state index contributed by atoms with van der Waals surface area (Å²) in [4.78, 5) is 4.39. The Hall–Kier alpha value is -1.56. The Morgan fingerprint density at radius 1 is 1.33 bits per heavy atom. The molecule has 0 atom stereocenters. The first-order valence-electron chi connectivity index (χ1n) is 5.69. The van der Waals surface area contributed by atoms with Crippen LogP contribution in [0.5, 0.6) is 0 Å². The minimum atomic E-state index is -3.64. The first-order chi connectivity index (χ1) is 8.61. The van der Waals surface area contributed by atoms with Gasteiger partial charge in [0.25, 0.3) is 0 Å². The second-order valence-corrected chi connectivity index (χ2v) is 5.99. The van der Waals surface area contributed by atoms with Crippen LogP contribution in [0.2, 0.25) is 0 Å². The van der Waals surface area contributed by atoms with Crippen LogP contribution in [-0.2, 0) is 23.0 Å². The zero-order valence-electron chi connectivity index (χ0n) is 9.86. The highest BCUT2D eigenvalue weighted by Gasteiger charge is 2.17. The van der Waals surface area contributed by atoms with Gasteiger partial charge in [-0.3, -0.25) is 4.90 Å². The van der Waals surface area contributed by atoms with E-state index in [1.165, 1.54) is 11.1 Å². The van der Waals surface area contributed by atoms with Crippen molar-refractivity contribution in [2.45, 2.75) is 13.0 Å². The fraction of sp³-hybridized carbons (Fsp3) is 0.455. The molecule has 1 heterocycles. The van der Waals surface area contributed by atoms with Crippen molar-refractivity contribution in [3.63, 3.8) is 0 Å². The van der Waals surface area contributed by atoms with Gasteiger partial charge >= 0.3 is 0 Å². The van der Waals surface area contributed by atoms with Gasteiger partial charge in [0.15, 0.2) is 0 Å². The van der Waals surface area contributed by atoms with Gasteiger partial charge in [0.05, 0.1) is 5.75 Å². The van der Waals surface area contributed by atoms with Crippen LogP contribution in [-0.4, -0.2) is 32.2 Å². The van der Waals surface area contributed by atoms with Crippen LogP contribution in [0.3, 0.4) is 0 Å². The molecule has 0 saturated heterocycles. The minimum Gasteiger partial charge on any atom is -0.298 e. The fourth-order valence-corrected chi connectivity index (χ4v) is 2.77. The number of hydrogen-bond donors (Lipinski definition) is 0. The Morgan fingerprint density at radius 2 is 2.06 bits per heavy atom. The van der Waals surface area contributed by atoms with E-state index in [-0.39, 0.29) is 5.75 Å². The lowest BCUT2D eigenvalue weighted by Crippen LogP contribution is -2.34. The topological polar surface area (TPSA) is 86.1 Å². The lowest BCUT2D eigenvalue weighted by atomic mass is 10.0. The van der Waals surface area contributed by atoms with Gasteiger partial charge in [-0.25, -0.2) is 8.42 Å². The molecule has 0 radical (unpaired) electrons. The van der Waals surface area contributed by atoms with Gasteiger partial charge in [-0.1, -0.05) is 24.3 Å². The Kier molecular flexibility index (Phi) is 3.86. The average Bonchev–Trinajstić information content (AvgIpc) is 2.36. The van der Waals surface area contributed by atoms with Gasteiger partial charge in [0, 0.05) is 29.1 Å². The first-order valence-corrected chi connectivity index (χ1v) is 7.30. The summed E-state index contributed by atoms with van der Waals surface area (Å²) in [7, 11) is -3.64. The predicted molar refractivity (Wildman–Crippen MR) is 68.4 cm³/mol. The maximum absolute atomic E-state index is 11.3. The molecule has 0 fully saturated rings. The summed E-state index contributed by atoms with van der Waals surface area (Å²) in [5.41, 5.74) is 10.7. The van der Waals surface area contributed by atoms with E-state index in [0.29, 0.717) is 6.54 Å². The van der Waals surface area contributed by atoms with Crippen LogP contribution in [0, 0.1) is 0 Å². The van der Waals surface area contributed by atoms with Crippen LogP contribution in [0.15, 0.2) is 28.8 Å². The number of azide groups is 1. The Bertz CT molecular complexity index is 578.